The van der Waals surface area contributed by atoms with Crippen molar-refractivity contribution in [1.29, 1.82) is 0 Å². The molecule has 1 atom stereocenters. The van der Waals surface area contributed by atoms with Gasteiger partial charge in [-0.25, -0.2) is 9.79 Å². The number of thiazole rings is 1. The van der Waals surface area contributed by atoms with Gasteiger partial charge >= 0.3 is 5.97 Å². The molecule has 0 fully saturated rings. The Morgan fingerprint density at radius 3 is 2.56 bits per heavy atom. The molecular weight excluding hydrogens is 692 g/mol. The second-order valence-corrected chi connectivity index (χ2v) is 12.6. The van der Waals surface area contributed by atoms with E-state index in [2.05, 4.69) is 36.9 Å². The normalized spacial score (nSPS) is 15.0. The molecule has 0 aliphatic carbocycles. The number of esters is 1. The third kappa shape index (κ3) is 6.14. The molecule has 0 bridgehead atoms. The molecule has 0 radical (unpaired) electrons. The molecule has 210 valence electrons. The maximum Gasteiger partial charge on any atom is 0.338 e. The van der Waals surface area contributed by atoms with Crippen molar-refractivity contribution >= 4 is 66.8 Å². The molecule has 0 saturated carbocycles. The Morgan fingerprint density at radius 2 is 1.85 bits per heavy atom. The molecule has 0 saturated heterocycles. The number of fused-ring (bicyclic) bond motifs is 1. The summed E-state index contributed by atoms with van der Waals surface area (Å²) in [6, 6.07) is 18.4. The van der Waals surface area contributed by atoms with E-state index in [1.165, 1.54) is 11.3 Å². The summed E-state index contributed by atoms with van der Waals surface area (Å²) in [4.78, 5) is 32.3. The summed E-state index contributed by atoms with van der Waals surface area (Å²) in [7, 11) is 0. The average Bonchev–Trinajstić information content (AvgIpc) is 3.23. The number of aryl methyl sites for hydroxylation is 1. The number of carbonyl (C=O) groups excluding carboxylic acids is 1. The van der Waals surface area contributed by atoms with Gasteiger partial charge in [0.15, 0.2) is 4.80 Å². The maximum atomic E-state index is 14.0. The second-order valence-electron chi connectivity index (χ2n) is 9.40. The Balaban J connectivity index is 1.65. The highest BCUT2D eigenvalue weighted by atomic mass is 79.9. The quantitative estimate of drug-likeness (QED) is 0.196. The fraction of sp³-hybridized carbons (Fsp3) is 0.194. The fourth-order valence-electron chi connectivity index (χ4n) is 4.60. The first-order valence-corrected chi connectivity index (χ1v) is 15.6. The summed E-state index contributed by atoms with van der Waals surface area (Å²) >= 11 is 14.8. The van der Waals surface area contributed by atoms with Crippen LogP contribution in [0.1, 0.15) is 42.1 Å². The molecule has 1 aliphatic heterocycles. The largest absolute Gasteiger partial charge is 0.487 e. The minimum absolute atomic E-state index is 0.218. The van der Waals surface area contributed by atoms with Gasteiger partial charge in [0.25, 0.3) is 5.56 Å². The molecule has 10 heteroatoms. The van der Waals surface area contributed by atoms with Crippen molar-refractivity contribution in [2.24, 2.45) is 4.99 Å². The molecule has 41 heavy (non-hydrogen) atoms. The molecular formula is C31H25Br2ClN2O4S. The van der Waals surface area contributed by atoms with E-state index in [1.807, 2.05) is 67.6 Å². The first kappa shape index (κ1) is 29.5. The van der Waals surface area contributed by atoms with Crippen LogP contribution in [0.4, 0.5) is 0 Å². The van der Waals surface area contributed by atoms with E-state index in [9.17, 15) is 9.59 Å². The molecule has 3 aromatic carbocycles. The Hall–Kier alpha value is -2.98. The van der Waals surface area contributed by atoms with Crippen LogP contribution in [0.2, 0.25) is 5.02 Å². The van der Waals surface area contributed by atoms with Crippen LogP contribution in [0.3, 0.4) is 0 Å². The van der Waals surface area contributed by atoms with Gasteiger partial charge in [0.2, 0.25) is 0 Å². The molecule has 6 nitrogen and oxygen atoms in total. The molecule has 2 heterocycles. The van der Waals surface area contributed by atoms with Crippen LogP contribution in [0.15, 0.2) is 90.7 Å². The maximum absolute atomic E-state index is 14.0. The van der Waals surface area contributed by atoms with Crippen LogP contribution in [0.5, 0.6) is 5.75 Å². The summed E-state index contributed by atoms with van der Waals surface area (Å²) in [5.41, 5.74) is 4.02. The number of aromatic nitrogens is 1. The monoisotopic (exact) mass is 714 g/mol. The van der Waals surface area contributed by atoms with Gasteiger partial charge in [0, 0.05) is 20.6 Å². The minimum Gasteiger partial charge on any atom is -0.487 e. The van der Waals surface area contributed by atoms with E-state index in [1.54, 1.807) is 24.5 Å². The van der Waals surface area contributed by atoms with Crippen molar-refractivity contribution in [3.8, 4) is 5.75 Å². The summed E-state index contributed by atoms with van der Waals surface area (Å²) in [5.74, 6) is 0.0808. The predicted octanol–water partition coefficient (Wildman–Crippen LogP) is 6.86. The van der Waals surface area contributed by atoms with Crippen molar-refractivity contribution in [2.75, 3.05) is 6.61 Å². The van der Waals surface area contributed by atoms with Gasteiger partial charge in [0.05, 0.1) is 32.9 Å². The van der Waals surface area contributed by atoms with E-state index in [4.69, 9.17) is 21.1 Å². The van der Waals surface area contributed by atoms with Crippen LogP contribution in [0.25, 0.3) is 6.08 Å². The molecule has 4 aromatic rings. The number of ether oxygens (including phenoxy) is 2. The van der Waals surface area contributed by atoms with Crippen LogP contribution >= 0.6 is 54.8 Å². The van der Waals surface area contributed by atoms with Crippen molar-refractivity contribution in [2.45, 2.75) is 33.4 Å². The van der Waals surface area contributed by atoms with E-state index >= 15 is 0 Å². The number of allylic oxidation sites excluding steroid dienone is 1. The number of rotatable bonds is 7. The van der Waals surface area contributed by atoms with Gasteiger partial charge in [0.1, 0.15) is 12.4 Å². The second kappa shape index (κ2) is 12.5. The highest BCUT2D eigenvalue weighted by molar-refractivity contribution is 9.11. The first-order valence-electron chi connectivity index (χ1n) is 12.8. The molecule has 0 N–H and O–H groups in total. The van der Waals surface area contributed by atoms with Crippen molar-refractivity contribution in [1.82, 2.24) is 4.57 Å². The van der Waals surface area contributed by atoms with Crippen LogP contribution in [-0.4, -0.2) is 17.1 Å². The van der Waals surface area contributed by atoms with Crippen molar-refractivity contribution in [3.63, 3.8) is 0 Å². The van der Waals surface area contributed by atoms with Gasteiger partial charge in [-0.2, -0.15) is 0 Å². The minimum atomic E-state index is -0.668. The van der Waals surface area contributed by atoms with Crippen molar-refractivity contribution in [3.05, 3.63) is 128 Å². The lowest BCUT2D eigenvalue weighted by Gasteiger charge is -2.24. The van der Waals surface area contributed by atoms with Gasteiger partial charge in [-0.05, 0) is 66.5 Å². The Labute approximate surface area is 262 Å². The fourth-order valence-corrected chi connectivity index (χ4v) is 7.20. The number of hydrogen-bond acceptors (Lipinski definition) is 6. The SMILES string of the molecule is CCOC(=O)C1=C(C)N=c2s/c(=C\c3cc(Br)cc(Br)c3OCc3ccccc3Cl)c(=O)n2[C@H]1c1ccc(C)cc1. The Bertz CT molecular complexity index is 1860. The van der Waals surface area contributed by atoms with Gasteiger partial charge < -0.3 is 9.47 Å². The van der Waals surface area contributed by atoms with E-state index < -0.39 is 12.0 Å². The van der Waals surface area contributed by atoms with Crippen LogP contribution < -0.4 is 19.6 Å². The smallest absolute Gasteiger partial charge is 0.338 e. The third-order valence-electron chi connectivity index (χ3n) is 6.56. The summed E-state index contributed by atoms with van der Waals surface area (Å²) in [5, 5.41) is 0.611. The van der Waals surface area contributed by atoms with Gasteiger partial charge in [-0.1, -0.05) is 86.9 Å². The van der Waals surface area contributed by atoms with Crippen LogP contribution in [-0.2, 0) is 16.1 Å². The van der Waals surface area contributed by atoms with E-state index in [0.717, 1.165) is 25.6 Å². The number of hydrogen-bond donors (Lipinski definition) is 0. The molecule has 0 amide bonds. The lowest BCUT2D eigenvalue weighted by Crippen LogP contribution is -2.39. The summed E-state index contributed by atoms with van der Waals surface area (Å²) in [6.07, 6.45) is 1.79. The third-order valence-corrected chi connectivity index (χ3v) is 8.96. The molecule has 0 spiro atoms. The molecule has 1 aliphatic rings. The summed E-state index contributed by atoms with van der Waals surface area (Å²) < 4.78 is 15.2. The number of benzene rings is 3. The predicted molar refractivity (Wildman–Crippen MR) is 169 cm³/mol. The first-order chi connectivity index (χ1) is 19.7. The Kier molecular flexibility index (Phi) is 8.99. The standard InChI is InChI=1S/C31H25Br2ClN2O4S/c1-4-39-30(38)26-18(3)35-31-36(27(26)19-11-9-17(2)10-12-19)29(37)25(41-31)14-21-13-22(32)15-23(33)28(21)40-16-20-7-5-6-8-24(20)34/h5-15,27H,4,16H2,1-3H3/b25-14-/t27-/m0/s1. The number of halogens is 3. The lowest BCUT2D eigenvalue weighted by molar-refractivity contribution is -0.139. The van der Waals surface area contributed by atoms with Gasteiger partial charge in [-0.3, -0.25) is 9.36 Å². The lowest BCUT2D eigenvalue weighted by atomic mass is 9.95. The zero-order valence-corrected chi connectivity index (χ0v) is 27.2. The zero-order chi connectivity index (χ0) is 29.3. The average molecular weight is 717 g/mol. The van der Waals surface area contributed by atoms with Crippen LogP contribution in [0, 0.1) is 6.92 Å². The zero-order valence-electron chi connectivity index (χ0n) is 22.4. The highest BCUT2D eigenvalue weighted by Gasteiger charge is 2.33. The molecule has 5 rings (SSSR count). The summed E-state index contributed by atoms with van der Waals surface area (Å²) in [6.45, 7) is 5.99. The van der Waals surface area contributed by atoms with Gasteiger partial charge in [-0.15, -0.1) is 0 Å². The van der Waals surface area contributed by atoms with Crippen molar-refractivity contribution < 1.29 is 14.3 Å². The topological polar surface area (TPSA) is 69.9 Å². The molecule has 1 aromatic heterocycles. The van der Waals surface area contributed by atoms with E-state index in [-0.39, 0.29) is 18.8 Å². The van der Waals surface area contributed by atoms with E-state index in [0.29, 0.717) is 36.9 Å². The molecule has 0 unspecified atom stereocenters. The highest BCUT2D eigenvalue weighted by Crippen LogP contribution is 2.35. The number of nitrogens with zero attached hydrogens (tertiary/aromatic N) is 2. The Morgan fingerprint density at radius 1 is 1.12 bits per heavy atom. The number of carbonyl (C=O) groups is 1.